The molecule has 3 rings (SSSR count). The summed E-state index contributed by atoms with van der Waals surface area (Å²) in [5.41, 5.74) is 0.0189. The van der Waals surface area contributed by atoms with E-state index < -0.39 is 64.2 Å². The zero-order chi connectivity index (χ0) is 29.4. The molecule has 0 aliphatic heterocycles. The Hall–Kier alpha value is -3.97. The van der Waals surface area contributed by atoms with Crippen LogP contribution in [0.25, 0.3) is 0 Å². The third-order valence-electron chi connectivity index (χ3n) is 5.54. The van der Waals surface area contributed by atoms with E-state index in [-0.39, 0.29) is 28.4 Å². The molecule has 0 radical (unpaired) electrons. The first-order chi connectivity index (χ1) is 18.9. The Morgan fingerprint density at radius 1 is 1.02 bits per heavy atom. The molecule has 212 valence electrons. The van der Waals surface area contributed by atoms with E-state index in [0.717, 1.165) is 29.7 Å². The number of aliphatic hydroxyl groups is 2. The number of aliphatic hydroxyl groups excluding tert-OH is 2. The zero-order valence-electron chi connectivity index (χ0n) is 20.9. The van der Waals surface area contributed by atoms with E-state index >= 15 is 0 Å². The molecular weight excluding hydrogens is 568 g/mol. The minimum Gasteiger partial charge on any atom is -0.388 e. The fraction of sp³-hybridized carbons (Fsp3) is 0.280. The molecule has 0 unspecified atom stereocenters. The normalized spacial score (nSPS) is 14.3. The summed E-state index contributed by atoms with van der Waals surface area (Å²) in [6.07, 6.45) is -3.55. The van der Waals surface area contributed by atoms with Gasteiger partial charge in [-0.05, 0) is 36.2 Å². The number of benzene rings is 2. The van der Waals surface area contributed by atoms with Crippen molar-refractivity contribution in [2.75, 3.05) is 11.0 Å². The SMILES string of the molecule is CS(=O)(=O)Nc1nc(C(=O)N[C@H](Cc2cc(F)cc(F)c2)[C@@H](O)[C@H](O)[C@H](CC#N)NC(=O)c2ccccc2)cs1. The topological polar surface area (TPSA) is 182 Å². The molecule has 2 aromatic carbocycles. The van der Waals surface area contributed by atoms with Crippen molar-refractivity contribution in [3.05, 3.63) is 82.4 Å². The molecule has 1 heterocycles. The largest absolute Gasteiger partial charge is 0.388 e. The molecule has 0 saturated carbocycles. The van der Waals surface area contributed by atoms with Gasteiger partial charge in [-0.2, -0.15) is 5.26 Å². The molecule has 4 atom stereocenters. The van der Waals surface area contributed by atoms with Crippen LogP contribution in [0.3, 0.4) is 0 Å². The van der Waals surface area contributed by atoms with Gasteiger partial charge in [0, 0.05) is 17.0 Å². The van der Waals surface area contributed by atoms with Crippen molar-refractivity contribution < 1.29 is 37.0 Å². The second-order valence-electron chi connectivity index (χ2n) is 8.76. The van der Waals surface area contributed by atoms with E-state index in [4.69, 9.17) is 0 Å². The maximum Gasteiger partial charge on any atom is 0.271 e. The quantitative estimate of drug-likeness (QED) is 0.210. The maximum absolute atomic E-state index is 13.8. The van der Waals surface area contributed by atoms with Crippen molar-refractivity contribution in [2.45, 2.75) is 37.1 Å². The summed E-state index contributed by atoms with van der Waals surface area (Å²) in [4.78, 5) is 29.4. The first-order valence-electron chi connectivity index (χ1n) is 11.6. The monoisotopic (exact) mass is 593 g/mol. The number of hydrogen-bond acceptors (Lipinski definition) is 9. The van der Waals surface area contributed by atoms with Gasteiger partial charge in [0.1, 0.15) is 29.5 Å². The minimum atomic E-state index is -3.67. The van der Waals surface area contributed by atoms with Gasteiger partial charge in [-0.3, -0.25) is 14.3 Å². The van der Waals surface area contributed by atoms with Crippen LogP contribution in [0.2, 0.25) is 0 Å². The van der Waals surface area contributed by atoms with Gasteiger partial charge >= 0.3 is 0 Å². The second-order valence-corrected chi connectivity index (χ2v) is 11.4. The van der Waals surface area contributed by atoms with Gasteiger partial charge < -0.3 is 20.8 Å². The average molecular weight is 594 g/mol. The minimum absolute atomic E-state index is 0.0249. The van der Waals surface area contributed by atoms with E-state index in [1.807, 2.05) is 6.07 Å². The lowest BCUT2D eigenvalue weighted by atomic mass is 9.92. The third kappa shape index (κ3) is 8.78. The summed E-state index contributed by atoms with van der Waals surface area (Å²) in [5.74, 6) is -3.35. The van der Waals surface area contributed by atoms with Crippen LogP contribution < -0.4 is 15.4 Å². The number of carbonyl (C=O) groups is 2. The Bertz CT molecular complexity index is 1480. The number of anilines is 1. The van der Waals surface area contributed by atoms with E-state index in [9.17, 15) is 42.3 Å². The van der Waals surface area contributed by atoms with Crippen LogP contribution in [-0.4, -0.2) is 66.0 Å². The number of nitriles is 1. The number of rotatable bonds is 12. The average Bonchev–Trinajstić information content (AvgIpc) is 3.34. The van der Waals surface area contributed by atoms with Gasteiger partial charge in [-0.15, -0.1) is 11.3 Å². The van der Waals surface area contributed by atoms with Crippen LogP contribution >= 0.6 is 11.3 Å². The van der Waals surface area contributed by atoms with Crippen LogP contribution in [0, 0.1) is 23.0 Å². The smallest absolute Gasteiger partial charge is 0.271 e. The van der Waals surface area contributed by atoms with Crippen LogP contribution in [0.5, 0.6) is 0 Å². The predicted molar refractivity (Wildman–Crippen MR) is 142 cm³/mol. The summed E-state index contributed by atoms with van der Waals surface area (Å²) in [6, 6.07) is 9.63. The van der Waals surface area contributed by atoms with Crippen LogP contribution in [0.15, 0.2) is 53.9 Å². The number of aromatic nitrogens is 1. The molecule has 5 N–H and O–H groups in total. The van der Waals surface area contributed by atoms with Crippen molar-refractivity contribution in [3.63, 3.8) is 0 Å². The fourth-order valence-electron chi connectivity index (χ4n) is 3.74. The maximum atomic E-state index is 13.8. The van der Waals surface area contributed by atoms with Crippen molar-refractivity contribution >= 4 is 38.3 Å². The van der Waals surface area contributed by atoms with Crippen molar-refractivity contribution in [1.82, 2.24) is 15.6 Å². The molecule has 1 aromatic heterocycles. The summed E-state index contributed by atoms with van der Waals surface area (Å²) in [5, 5.41) is 37.4. The summed E-state index contributed by atoms with van der Waals surface area (Å²) in [6.45, 7) is 0. The number of thiazole rings is 1. The molecule has 0 bridgehead atoms. The van der Waals surface area contributed by atoms with E-state index in [2.05, 4.69) is 20.3 Å². The number of carbonyl (C=O) groups excluding carboxylic acids is 2. The standard InChI is InChI=1S/C25H25F2N5O6S2/c1-40(37,38)32-25-31-20(13-39-25)24(36)30-19(11-14-9-16(26)12-17(27)10-14)22(34)21(33)18(7-8-28)29-23(35)15-5-3-2-4-6-15/h2-6,9-10,12-13,18-19,21-22,33-34H,7,11H2,1H3,(H,29,35)(H,30,36)(H,31,32)/t18-,19+,21+,22+/m0/s1. The van der Waals surface area contributed by atoms with E-state index in [0.29, 0.717) is 6.07 Å². The highest BCUT2D eigenvalue weighted by Gasteiger charge is 2.35. The number of nitrogens with one attached hydrogen (secondary N) is 3. The first kappa shape index (κ1) is 30.6. The predicted octanol–water partition coefficient (Wildman–Crippen LogP) is 1.57. The number of halogens is 2. The van der Waals surface area contributed by atoms with Crippen LogP contribution in [0.1, 0.15) is 32.8 Å². The Balaban J connectivity index is 1.86. The molecule has 15 heteroatoms. The van der Waals surface area contributed by atoms with Gasteiger partial charge in [-0.25, -0.2) is 22.2 Å². The zero-order valence-corrected chi connectivity index (χ0v) is 22.5. The highest BCUT2D eigenvalue weighted by Crippen LogP contribution is 2.19. The van der Waals surface area contributed by atoms with Crippen molar-refractivity contribution in [3.8, 4) is 6.07 Å². The lowest BCUT2D eigenvalue weighted by Crippen LogP contribution is -2.56. The summed E-state index contributed by atoms with van der Waals surface area (Å²) in [7, 11) is -3.67. The molecule has 11 nitrogen and oxygen atoms in total. The molecule has 0 aliphatic rings. The highest BCUT2D eigenvalue weighted by atomic mass is 32.2. The van der Waals surface area contributed by atoms with Crippen LogP contribution in [0.4, 0.5) is 13.9 Å². The number of sulfonamides is 1. The lowest BCUT2D eigenvalue weighted by molar-refractivity contribution is -0.0212. The van der Waals surface area contributed by atoms with E-state index in [1.165, 1.54) is 17.5 Å². The van der Waals surface area contributed by atoms with Gasteiger partial charge in [0.2, 0.25) is 10.0 Å². The van der Waals surface area contributed by atoms with Gasteiger partial charge in [-0.1, -0.05) is 18.2 Å². The lowest BCUT2D eigenvalue weighted by Gasteiger charge is -2.32. The number of amides is 2. The number of hydrogen-bond donors (Lipinski definition) is 5. The van der Waals surface area contributed by atoms with Crippen molar-refractivity contribution in [2.24, 2.45) is 0 Å². The Morgan fingerprint density at radius 2 is 1.62 bits per heavy atom. The Morgan fingerprint density at radius 3 is 2.23 bits per heavy atom. The summed E-state index contributed by atoms with van der Waals surface area (Å²) >= 11 is 0.814. The fourth-order valence-corrected chi connectivity index (χ4v) is 5.28. The molecule has 0 spiro atoms. The van der Waals surface area contributed by atoms with Gasteiger partial charge in [0.15, 0.2) is 5.13 Å². The first-order valence-corrected chi connectivity index (χ1v) is 14.4. The molecule has 2 amide bonds. The molecule has 3 aromatic rings. The highest BCUT2D eigenvalue weighted by molar-refractivity contribution is 7.92. The summed E-state index contributed by atoms with van der Waals surface area (Å²) < 4.78 is 52.7. The van der Waals surface area contributed by atoms with Crippen LogP contribution in [-0.2, 0) is 16.4 Å². The third-order valence-corrected chi connectivity index (χ3v) is 6.99. The molecular formula is C25H25F2N5O6S2. The Labute approximate surface area is 232 Å². The molecule has 0 saturated heterocycles. The van der Waals surface area contributed by atoms with E-state index in [1.54, 1.807) is 18.2 Å². The molecule has 0 fully saturated rings. The van der Waals surface area contributed by atoms with Crippen molar-refractivity contribution in [1.29, 1.82) is 5.26 Å². The molecule has 40 heavy (non-hydrogen) atoms. The Kier molecular flexibility index (Phi) is 10.2. The van der Waals surface area contributed by atoms with Gasteiger partial charge in [0.05, 0.1) is 30.8 Å². The number of nitrogens with zero attached hydrogens (tertiary/aromatic N) is 2. The van der Waals surface area contributed by atoms with Gasteiger partial charge in [0.25, 0.3) is 11.8 Å². The second kappa shape index (κ2) is 13.4. The molecule has 0 aliphatic carbocycles.